The van der Waals surface area contributed by atoms with Crippen LogP contribution in [0, 0.1) is 13.8 Å². The van der Waals surface area contributed by atoms with Gasteiger partial charge in [-0.1, -0.05) is 0 Å². The molecule has 0 fully saturated rings. The third kappa shape index (κ3) is 1.81. The molecule has 2 N–H and O–H groups in total. The van der Waals surface area contributed by atoms with Crippen LogP contribution in [-0.4, -0.2) is 20.5 Å². The quantitative estimate of drug-likeness (QED) is 0.768. The molecule has 0 unspecified atom stereocenters. The Morgan fingerprint density at radius 3 is 2.87 bits per heavy atom. The van der Waals surface area contributed by atoms with Crippen molar-refractivity contribution in [2.75, 3.05) is 0 Å². The van der Waals surface area contributed by atoms with Crippen molar-refractivity contribution in [3.8, 4) is 0 Å². The first-order chi connectivity index (χ1) is 7.06. The summed E-state index contributed by atoms with van der Waals surface area (Å²) in [6.45, 7) is 3.94. The number of fused-ring (bicyclic) bond motifs is 1. The number of primary amides is 1. The minimum absolute atomic E-state index is 0.0835. The molecular weight excluding hydrogens is 192 g/mol. The first kappa shape index (κ1) is 9.64. The van der Waals surface area contributed by atoms with Gasteiger partial charge in [0.25, 0.3) is 0 Å². The van der Waals surface area contributed by atoms with Crippen molar-refractivity contribution < 1.29 is 4.79 Å². The fourth-order valence-electron chi connectivity index (χ4n) is 1.59. The number of amides is 1. The summed E-state index contributed by atoms with van der Waals surface area (Å²) in [4.78, 5) is 15.0. The molecule has 0 aliphatic carbocycles. The van der Waals surface area contributed by atoms with Crippen molar-refractivity contribution >= 4 is 11.6 Å². The lowest BCUT2D eigenvalue weighted by atomic mass is 10.2. The van der Waals surface area contributed by atoms with Crippen molar-refractivity contribution in [3.05, 3.63) is 29.2 Å². The zero-order valence-electron chi connectivity index (χ0n) is 8.69. The molecule has 0 saturated carbocycles. The van der Waals surface area contributed by atoms with E-state index in [0.717, 1.165) is 16.9 Å². The zero-order chi connectivity index (χ0) is 11.0. The minimum atomic E-state index is -0.416. The molecule has 5 nitrogen and oxygen atoms in total. The van der Waals surface area contributed by atoms with Gasteiger partial charge < -0.3 is 5.73 Å². The number of pyridine rings is 1. The van der Waals surface area contributed by atoms with E-state index in [0.29, 0.717) is 5.82 Å². The van der Waals surface area contributed by atoms with Crippen LogP contribution in [0.15, 0.2) is 12.1 Å². The van der Waals surface area contributed by atoms with E-state index in [1.54, 1.807) is 4.52 Å². The first-order valence-corrected chi connectivity index (χ1v) is 4.67. The molecule has 0 aliphatic rings. The predicted molar refractivity (Wildman–Crippen MR) is 55.4 cm³/mol. The summed E-state index contributed by atoms with van der Waals surface area (Å²) in [5.74, 6) is 0.0523. The molecule has 15 heavy (non-hydrogen) atoms. The van der Waals surface area contributed by atoms with E-state index in [-0.39, 0.29) is 6.42 Å². The van der Waals surface area contributed by atoms with E-state index in [1.807, 2.05) is 26.0 Å². The molecule has 0 aromatic carbocycles. The molecule has 2 rings (SSSR count). The van der Waals surface area contributed by atoms with Gasteiger partial charge in [-0.25, -0.2) is 9.50 Å². The summed E-state index contributed by atoms with van der Waals surface area (Å²) in [7, 11) is 0. The molecule has 0 spiro atoms. The van der Waals surface area contributed by atoms with Crippen LogP contribution in [0.2, 0.25) is 0 Å². The summed E-state index contributed by atoms with van der Waals surface area (Å²) in [5.41, 5.74) is 7.96. The Morgan fingerprint density at radius 2 is 2.20 bits per heavy atom. The third-order valence-electron chi connectivity index (χ3n) is 2.14. The number of rotatable bonds is 2. The summed E-state index contributed by atoms with van der Waals surface area (Å²) < 4.78 is 1.71. The summed E-state index contributed by atoms with van der Waals surface area (Å²) in [6, 6.07) is 3.93. The Labute approximate surface area is 86.9 Å². The molecule has 5 heteroatoms. The Balaban J connectivity index is 2.55. The maximum atomic E-state index is 10.7. The normalized spacial score (nSPS) is 10.8. The average molecular weight is 204 g/mol. The van der Waals surface area contributed by atoms with Crippen LogP contribution in [-0.2, 0) is 11.2 Å². The van der Waals surface area contributed by atoms with Gasteiger partial charge in [0.05, 0.1) is 6.42 Å². The molecule has 78 valence electrons. The maximum Gasteiger partial charge on any atom is 0.225 e. The van der Waals surface area contributed by atoms with Crippen molar-refractivity contribution in [2.45, 2.75) is 20.3 Å². The zero-order valence-corrected chi connectivity index (χ0v) is 8.69. The van der Waals surface area contributed by atoms with Crippen LogP contribution in [0.3, 0.4) is 0 Å². The molecule has 1 amide bonds. The van der Waals surface area contributed by atoms with Crippen LogP contribution in [0.4, 0.5) is 0 Å². The molecule has 0 saturated heterocycles. The second-order valence-electron chi connectivity index (χ2n) is 3.62. The number of aryl methyl sites for hydroxylation is 2. The molecular formula is C10H12N4O. The fraction of sp³-hybridized carbons (Fsp3) is 0.300. The van der Waals surface area contributed by atoms with Crippen LogP contribution < -0.4 is 5.73 Å². The van der Waals surface area contributed by atoms with Gasteiger partial charge in [0.1, 0.15) is 0 Å². The number of nitrogens with two attached hydrogens (primary N) is 1. The van der Waals surface area contributed by atoms with E-state index in [4.69, 9.17) is 5.73 Å². The first-order valence-electron chi connectivity index (χ1n) is 4.67. The van der Waals surface area contributed by atoms with Crippen molar-refractivity contribution in [1.82, 2.24) is 14.6 Å². The monoisotopic (exact) mass is 204 g/mol. The van der Waals surface area contributed by atoms with E-state index < -0.39 is 5.91 Å². The highest BCUT2D eigenvalue weighted by molar-refractivity contribution is 5.75. The van der Waals surface area contributed by atoms with Gasteiger partial charge in [-0.2, -0.15) is 5.10 Å². The van der Waals surface area contributed by atoms with Gasteiger partial charge in [-0.15, -0.1) is 0 Å². The van der Waals surface area contributed by atoms with Crippen molar-refractivity contribution in [3.63, 3.8) is 0 Å². The smallest absolute Gasteiger partial charge is 0.225 e. The van der Waals surface area contributed by atoms with Crippen LogP contribution in [0.1, 0.15) is 17.1 Å². The standard InChI is InChI=1S/C10H12N4O/c1-6-3-7(2)14-10(4-6)12-9(13-14)5-8(11)15/h3-4H,5H2,1-2H3,(H2,11,15). The SMILES string of the molecule is Cc1cc(C)n2nc(CC(N)=O)nc2c1. The van der Waals surface area contributed by atoms with Gasteiger partial charge in [0.15, 0.2) is 11.5 Å². The molecule has 0 radical (unpaired) electrons. The van der Waals surface area contributed by atoms with Crippen LogP contribution in [0.25, 0.3) is 5.65 Å². The summed E-state index contributed by atoms with van der Waals surface area (Å²) in [6.07, 6.45) is 0.0835. The Morgan fingerprint density at radius 1 is 1.47 bits per heavy atom. The lowest BCUT2D eigenvalue weighted by Gasteiger charge is -1.98. The fourth-order valence-corrected chi connectivity index (χ4v) is 1.59. The van der Waals surface area contributed by atoms with Gasteiger partial charge in [0, 0.05) is 5.69 Å². The molecule has 2 aromatic rings. The Bertz CT molecular complexity index is 529. The Hall–Kier alpha value is -1.91. The predicted octanol–water partition coefficient (Wildman–Crippen LogP) is 0.374. The number of aromatic nitrogens is 3. The molecule has 0 aliphatic heterocycles. The Kier molecular flexibility index (Phi) is 2.15. The highest BCUT2D eigenvalue weighted by Crippen LogP contribution is 2.09. The average Bonchev–Trinajstić information content (AvgIpc) is 2.45. The number of carbonyl (C=O) groups is 1. The van der Waals surface area contributed by atoms with Gasteiger partial charge >= 0.3 is 0 Å². The summed E-state index contributed by atoms with van der Waals surface area (Å²) in [5, 5.41) is 4.20. The molecule has 2 aromatic heterocycles. The second kappa shape index (κ2) is 3.34. The molecule has 2 heterocycles. The van der Waals surface area contributed by atoms with E-state index in [2.05, 4.69) is 10.1 Å². The van der Waals surface area contributed by atoms with Crippen molar-refractivity contribution in [2.24, 2.45) is 5.73 Å². The largest absolute Gasteiger partial charge is 0.369 e. The lowest BCUT2D eigenvalue weighted by Crippen LogP contribution is -2.14. The minimum Gasteiger partial charge on any atom is -0.369 e. The van der Waals surface area contributed by atoms with Crippen molar-refractivity contribution in [1.29, 1.82) is 0 Å². The van der Waals surface area contributed by atoms with Gasteiger partial charge in [-0.3, -0.25) is 4.79 Å². The number of nitrogens with zero attached hydrogens (tertiary/aromatic N) is 3. The summed E-state index contributed by atoms with van der Waals surface area (Å²) >= 11 is 0. The topological polar surface area (TPSA) is 73.3 Å². The van der Waals surface area contributed by atoms with Crippen LogP contribution >= 0.6 is 0 Å². The van der Waals surface area contributed by atoms with E-state index >= 15 is 0 Å². The number of carbonyl (C=O) groups excluding carboxylic acids is 1. The molecule has 0 atom stereocenters. The number of hydrogen-bond donors (Lipinski definition) is 1. The van der Waals surface area contributed by atoms with E-state index in [9.17, 15) is 4.79 Å². The number of hydrogen-bond acceptors (Lipinski definition) is 3. The van der Waals surface area contributed by atoms with Gasteiger partial charge in [-0.05, 0) is 31.5 Å². The molecule has 0 bridgehead atoms. The highest BCUT2D eigenvalue weighted by Gasteiger charge is 2.08. The van der Waals surface area contributed by atoms with Crippen LogP contribution in [0.5, 0.6) is 0 Å². The lowest BCUT2D eigenvalue weighted by molar-refractivity contribution is -0.117. The second-order valence-corrected chi connectivity index (χ2v) is 3.62. The van der Waals surface area contributed by atoms with E-state index in [1.165, 1.54) is 0 Å². The maximum absolute atomic E-state index is 10.7. The van der Waals surface area contributed by atoms with Gasteiger partial charge in [0.2, 0.25) is 5.91 Å². The third-order valence-corrected chi connectivity index (χ3v) is 2.14. The highest BCUT2D eigenvalue weighted by atomic mass is 16.1.